The highest BCUT2D eigenvalue weighted by atomic mass is 79.9. The summed E-state index contributed by atoms with van der Waals surface area (Å²) < 4.78 is 3.22. The lowest BCUT2D eigenvalue weighted by molar-refractivity contribution is 0.561. The zero-order valence-corrected chi connectivity index (χ0v) is 11.0. The number of hydrogen-bond acceptors (Lipinski definition) is 1. The standard InChI is InChI=1S/C14H11BrN2/c1-9-3-2-4-13-7-10-5-12(15)6-11(8-16)14(10)17(9)13/h2,4-7,9H,3H2,1H3/t9-/m0/s1. The van der Waals surface area contributed by atoms with Crippen LogP contribution in [0.1, 0.15) is 30.6 Å². The molecule has 1 aromatic carbocycles. The van der Waals surface area contributed by atoms with Crippen LogP contribution in [0.15, 0.2) is 28.7 Å². The van der Waals surface area contributed by atoms with E-state index in [1.54, 1.807) is 0 Å². The summed E-state index contributed by atoms with van der Waals surface area (Å²) in [4.78, 5) is 0. The van der Waals surface area contributed by atoms with Crippen LogP contribution in [0, 0.1) is 11.3 Å². The van der Waals surface area contributed by atoms with E-state index >= 15 is 0 Å². The molecule has 0 aliphatic carbocycles. The molecule has 3 heteroatoms. The number of hydrogen-bond donors (Lipinski definition) is 0. The molecular formula is C14H11BrN2. The van der Waals surface area contributed by atoms with E-state index in [2.05, 4.69) is 57.8 Å². The molecule has 1 aromatic heterocycles. The van der Waals surface area contributed by atoms with Crippen molar-refractivity contribution < 1.29 is 0 Å². The SMILES string of the molecule is C[C@H]1CC=Cc2cc3cc(Br)cc(C#N)c3n21. The summed E-state index contributed by atoms with van der Waals surface area (Å²) in [6.07, 6.45) is 5.35. The number of fused-ring (bicyclic) bond motifs is 3. The molecule has 1 aliphatic rings. The van der Waals surface area contributed by atoms with Crippen molar-refractivity contribution in [2.24, 2.45) is 0 Å². The van der Waals surface area contributed by atoms with Crippen molar-refractivity contribution in [3.8, 4) is 6.07 Å². The monoisotopic (exact) mass is 286 g/mol. The summed E-state index contributed by atoms with van der Waals surface area (Å²) in [6, 6.07) is 8.82. The fraction of sp³-hybridized carbons (Fsp3) is 0.214. The molecule has 0 saturated carbocycles. The topological polar surface area (TPSA) is 28.7 Å². The Balaban J connectivity index is 2.46. The first kappa shape index (κ1) is 10.6. The molecule has 2 nitrogen and oxygen atoms in total. The number of nitriles is 1. The van der Waals surface area contributed by atoms with E-state index in [0.717, 1.165) is 27.4 Å². The van der Waals surface area contributed by atoms with Crippen LogP contribution in [0.25, 0.3) is 17.0 Å². The van der Waals surface area contributed by atoms with E-state index in [0.29, 0.717) is 6.04 Å². The minimum absolute atomic E-state index is 0.417. The van der Waals surface area contributed by atoms with E-state index in [-0.39, 0.29) is 0 Å². The van der Waals surface area contributed by atoms with Crippen LogP contribution < -0.4 is 0 Å². The van der Waals surface area contributed by atoms with Crippen LogP contribution >= 0.6 is 15.9 Å². The lowest BCUT2D eigenvalue weighted by atomic mass is 10.1. The van der Waals surface area contributed by atoms with Gasteiger partial charge in [-0.1, -0.05) is 22.0 Å². The number of allylic oxidation sites excluding steroid dienone is 1. The molecule has 17 heavy (non-hydrogen) atoms. The van der Waals surface area contributed by atoms with Gasteiger partial charge in [0.15, 0.2) is 0 Å². The van der Waals surface area contributed by atoms with E-state index in [4.69, 9.17) is 0 Å². The van der Waals surface area contributed by atoms with Gasteiger partial charge in [0.2, 0.25) is 0 Å². The lowest BCUT2D eigenvalue weighted by Gasteiger charge is -2.20. The van der Waals surface area contributed by atoms with Crippen molar-refractivity contribution in [1.29, 1.82) is 5.26 Å². The molecule has 0 saturated heterocycles. The fourth-order valence-electron chi connectivity index (χ4n) is 2.54. The molecule has 0 radical (unpaired) electrons. The van der Waals surface area contributed by atoms with Gasteiger partial charge in [0.25, 0.3) is 0 Å². The molecule has 0 spiro atoms. The van der Waals surface area contributed by atoms with Crippen molar-refractivity contribution in [2.75, 3.05) is 0 Å². The molecule has 0 fully saturated rings. The molecule has 0 bridgehead atoms. The maximum Gasteiger partial charge on any atom is 0.101 e. The largest absolute Gasteiger partial charge is 0.337 e. The third kappa shape index (κ3) is 1.52. The van der Waals surface area contributed by atoms with Crippen LogP contribution in [0.5, 0.6) is 0 Å². The zero-order chi connectivity index (χ0) is 12.0. The summed E-state index contributed by atoms with van der Waals surface area (Å²) in [5, 5.41) is 10.4. The third-order valence-electron chi connectivity index (χ3n) is 3.25. The van der Waals surface area contributed by atoms with Gasteiger partial charge >= 0.3 is 0 Å². The van der Waals surface area contributed by atoms with Crippen molar-refractivity contribution >= 4 is 32.9 Å². The summed E-state index contributed by atoms with van der Waals surface area (Å²) in [5.41, 5.74) is 2.98. The van der Waals surface area contributed by atoms with E-state index in [1.165, 1.54) is 5.69 Å². The first-order chi connectivity index (χ1) is 8.20. The highest BCUT2D eigenvalue weighted by Gasteiger charge is 2.18. The molecule has 84 valence electrons. The van der Waals surface area contributed by atoms with Crippen molar-refractivity contribution in [3.63, 3.8) is 0 Å². The second-order valence-corrected chi connectivity index (χ2v) is 5.34. The maximum atomic E-state index is 9.26. The predicted octanol–water partition coefficient (Wildman–Crippen LogP) is 4.25. The van der Waals surface area contributed by atoms with Gasteiger partial charge in [0.1, 0.15) is 6.07 Å². The first-order valence-corrected chi connectivity index (χ1v) is 6.41. The average molecular weight is 287 g/mol. The smallest absolute Gasteiger partial charge is 0.101 e. The average Bonchev–Trinajstić information content (AvgIpc) is 2.67. The summed E-state index contributed by atoms with van der Waals surface area (Å²) in [6.45, 7) is 2.19. The summed E-state index contributed by atoms with van der Waals surface area (Å²) in [7, 11) is 0. The quantitative estimate of drug-likeness (QED) is 0.712. The first-order valence-electron chi connectivity index (χ1n) is 5.62. The molecule has 2 heterocycles. The third-order valence-corrected chi connectivity index (χ3v) is 3.71. The molecule has 1 aliphatic heterocycles. The van der Waals surface area contributed by atoms with Gasteiger partial charge < -0.3 is 4.57 Å². The minimum atomic E-state index is 0.417. The lowest BCUT2D eigenvalue weighted by Crippen LogP contribution is -2.09. The Labute approximate surface area is 108 Å². The predicted molar refractivity (Wildman–Crippen MR) is 72.7 cm³/mol. The Kier molecular flexibility index (Phi) is 2.34. The van der Waals surface area contributed by atoms with Gasteiger partial charge in [-0.25, -0.2) is 0 Å². The second kappa shape index (κ2) is 3.75. The van der Waals surface area contributed by atoms with Crippen LogP contribution in [0.2, 0.25) is 0 Å². The highest BCUT2D eigenvalue weighted by molar-refractivity contribution is 9.10. The number of aromatic nitrogens is 1. The number of benzene rings is 1. The van der Waals surface area contributed by atoms with Crippen LogP contribution in [0.4, 0.5) is 0 Å². The van der Waals surface area contributed by atoms with E-state index < -0.39 is 0 Å². The normalized spacial score (nSPS) is 18.1. The van der Waals surface area contributed by atoms with Crippen LogP contribution in [0.3, 0.4) is 0 Å². The van der Waals surface area contributed by atoms with Gasteiger partial charge in [0.05, 0.1) is 11.1 Å². The number of rotatable bonds is 0. The Morgan fingerprint density at radius 3 is 3.00 bits per heavy atom. The molecule has 0 N–H and O–H groups in total. The Morgan fingerprint density at radius 2 is 2.24 bits per heavy atom. The molecule has 3 rings (SSSR count). The Hall–Kier alpha value is -1.53. The number of halogens is 1. The Morgan fingerprint density at radius 1 is 1.41 bits per heavy atom. The molecule has 1 atom stereocenters. The van der Waals surface area contributed by atoms with Crippen LogP contribution in [-0.4, -0.2) is 4.57 Å². The molecule has 0 unspecified atom stereocenters. The molecular weight excluding hydrogens is 276 g/mol. The van der Waals surface area contributed by atoms with Gasteiger partial charge in [-0.2, -0.15) is 5.26 Å². The fourth-order valence-corrected chi connectivity index (χ4v) is 3.01. The summed E-state index contributed by atoms with van der Waals surface area (Å²) in [5.74, 6) is 0. The molecule has 2 aromatic rings. The maximum absolute atomic E-state index is 9.26. The van der Waals surface area contributed by atoms with Crippen LogP contribution in [-0.2, 0) is 0 Å². The second-order valence-electron chi connectivity index (χ2n) is 4.43. The van der Waals surface area contributed by atoms with Crippen molar-refractivity contribution in [3.05, 3.63) is 40.0 Å². The molecule has 0 amide bonds. The highest BCUT2D eigenvalue weighted by Crippen LogP contribution is 2.33. The van der Waals surface area contributed by atoms with Gasteiger partial charge in [0, 0.05) is 21.6 Å². The minimum Gasteiger partial charge on any atom is -0.337 e. The zero-order valence-electron chi connectivity index (χ0n) is 9.44. The van der Waals surface area contributed by atoms with E-state index in [9.17, 15) is 5.26 Å². The van der Waals surface area contributed by atoms with Gasteiger partial charge in [-0.05, 0) is 37.6 Å². The number of nitrogens with zero attached hydrogens (tertiary/aromatic N) is 2. The van der Waals surface area contributed by atoms with Gasteiger partial charge in [-0.3, -0.25) is 0 Å². The van der Waals surface area contributed by atoms with Gasteiger partial charge in [-0.15, -0.1) is 0 Å². The van der Waals surface area contributed by atoms with Crippen molar-refractivity contribution in [1.82, 2.24) is 4.57 Å². The van der Waals surface area contributed by atoms with Crippen molar-refractivity contribution in [2.45, 2.75) is 19.4 Å². The summed E-state index contributed by atoms with van der Waals surface area (Å²) >= 11 is 3.45. The van der Waals surface area contributed by atoms with E-state index in [1.807, 2.05) is 6.07 Å². The Bertz CT molecular complexity index is 674.